The lowest BCUT2D eigenvalue weighted by Crippen LogP contribution is -2.40. The summed E-state index contributed by atoms with van der Waals surface area (Å²) < 4.78 is 18.2. The lowest BCUT2D eigenvalue weighted by molar-refractivity contribution is 0.114. The van der Waals surface area contributed by atoms with Crippen LogP contribution in [-0.2, 0) is 0 Å². The summed E-state index contributed by atoms with van der Waals surface area (Å²) in [6.07, 6.45) is 1.50. The Labute approximate surface area is 138 Å². The highest BCUT2D eigenvalue weighted by Gasteiger charge is 2.08. The zero-order valence-corrected chi connectivity index (χ0v) is 14.3. The minimum atomic E-state index is -0.715. The molecule has 130 valence electrons. The number of hydrogen-bond acceptors (Lipinski definition) is 3. The van der Waals surface area contributed by atoms with Crippen molar-refractivity contribution in [2.45, 2.75) is 32.8 Å². The molecule has 0 aliphatic carbocycles. The SMILES string of the molecule is CCCCN(C)C(=NCC(O)COc1ccc(F)cc1)NCC. The highest BCUT2D eigenvalue weighted by Crippen LogP contribution is 2.11. The molecule has 0 aliphatic rings. The van der Waals surface area contributed by atoms with Crippen LogP contribution in [0.3, 0.4) is 0 Å². The fourth-order valence-electron chi connectivity index (χ4n) is 1.94. The van der Waals surface area contributed by atoms with Gasteiger partial charge in [0, 0.05) is 20.1 Å². The number of unbranched alkanes of at least 4 members (excludes halogenated alkanes) is 1. The van der Waals surface area contributed by atoms with E-state index in [0.717, 1.165) is 31.9 Å². The highest BCUT2D eigenvalue weighted by molar-refractivity contribution is 5.79. The number of hydrogen-bond donors (Lipinski definition) is 2. The molecule has 0 saturated carbocycles. The van der Waals surface area contributed by atoms with Crippen LogP contribution < -0.4 is 10.1 Å². The van der Waals surface area contributed by atoms with Gasteiger partial charge in [0.25, 0.3) is 0 Å². The highest BCUT2D eigenvalue weighted by atomic mass is 19.1. The molecule has 5 nitrogen and oxygen atoms in total. The number of halogens is 1. The van der Waals surface area contributed by atoms with E-state index in [2.05, 4.69) is 22.1 Å². The van der Waals surface area contributed by atoms with Gasteiger partial charge in [0.05, 0.1) is 6.54 Å². The van der Waals surface area contributed by atoms with Gasteiger partial charge in [-0.1, -0.05) is 13.3 Å². The van der Waals surface area contributed by atoms with Crippen LogP contribution in [0.1, 0.15) is 26.7 Å². The average molecular weight is 325 g/mol. The van der Waals surface area contributed by atoms with E-state index in [1.165, 1.54) is 24.3 Å². The molecule has 1 unspecified atom stereocenters. The van der Waals surface area contributed by atoms with Crippen LogP contribution in [0, 0.1) is 5.82 Å². The molecular formula is C17H28FN3O2. The summed E-state index contributed by atoms with van der Waals surface area (Å²) in [7, 11) is 1.98. The Morgan fingerprint density at radius 3 is 2.65 bits per heavy atom. The van der Waals surface area contributed by atoms with Crippen molar-refractivity contribution in [3.8, 4) is 5.75 Å². The van der Waals surface area contributed by atoms with Crippen LogP contribution in [-0.4, -0.2) is 55.4 Å². The van der Waals surface area contributed by atoms with Crippen molar-refractivity contribution in [3.63, 3.8) is 0 Å². The van der Waals surface area contributed by atoms with Gasteiger partial charge in [-0.15, -0.1) is 0 Å². The molecule has 0 spiro atoms. The number of rotatable bonds is 9. The van der Waals surface area contributed by atoms with Crippen molar-refractivity contribution < 1.29 is 14.2 Å². The molecule has 1 aromatic rings. The second kappa shape index (κ2) is 10.8. The molecule has 0 fully saturated rings. The van der Waals surface area contributed by atoms with Gasteiger partial charge < -0.3 is 20.1 Å². The number of guanidine groups is 1. The van der Waals surface area contributed by atoms with E-state index in [4.69, 9.17) is 4.74 Å². The van der Waals surface area contributed by atoms with Crippen molar-refractivity contribution in [1.29, 1.82) is 0 Å². The van der Waals surface area contributed by atoms with E-state index in [9.17, 15) is 9.50 Å². The summed E-state index contributed by atoms with van der Waals surface area (Å²) in [6, 6.07) is 5.72. The molecule has 0 aliphatic heterocycles. The number of benzene rings is 1. The maximum absolute atomic E-state index is 12.8. The average Bonchev–Trinajstić information content (AvgIpc) is 2.55. The Morgan fingerprint density at radius 1 is 1.35 bits per heavy atom. The first-order valence-corrected chi connectivity index (χ1v) is 8.12. The molecule has 6 heteroatoms. The second-order valence-corrected chi connectivity index (χ2v) is 5.39. The summed E-state index contributed by atoms with van der Waals surface area (Å²) in [4.78, 5) is 6.49. The van der Waals surface area contributed by atoms with Gasteiger partial charge in [0.2, 0.25) is 0 Å². The molecular weight excluding hydrogens is 297 g/mol. The number of ether oxygens (including phenoxy) is 1. The van der Waals surface area contributed by atoms with Crippen LogP contribution in [0.25, 0.3) is 0 Å². The fourth-order valence-corrected chi connectivity index (χ4v) is 1.94. The minimum absolute atomic E-state index is 0.118. The molecule has 0 saturated heterocycles. The summed E-state index contributed by atoms with van der Waals surface area (Å²) >= 11 is 0. The summed E-state index contributed by atoms with van der Waals surface area (Å²) in [5.41, 5.74) is 0. The summed E-state index contributed by atoms with van der Waals surface area (Å²) in [6.45, 7) is 6.22. The first-order valence-electron chi connectivity index (χ1n) is 8.12. The molecule has 0 radical (unpaired) electrons. The van der Waals surface area contributed by atoms with Crippen molar-refractivity contribution in [3.05, 3.63) is 30.1 Å². The van der Waals surface area contributed by atoms with E-state index < -0.39 is 6.10 Å². The third-order valence-electron chi connectivity index (χ3n) is 3.25. The number of nitrogens with one attached hydrogen (secondary N) is 1. The molecule has 0 amide bonds. The lowest BCUT2D eigenvalue weighted by Gasteiger charge is -2.22. The van der Waals surface area contributed by atoms with Gasteiger partial charge in [0.1, 0.15) is 24.3 Å². The molecule has 2 N–H and O–H groups in total. The number of aliphatic imine (C=N–C) groups is 1. The molecule has 1 aromatic carbocycles. The first kappa shape index (κ1) is 19.2. The van der Waals surface area contributed by atoms with Crippen molar-refractivity contribution in [2.24, 2.45) is 4.99 Å². The van der Waals surface area contributed by atoms with Gasteiger partial charge in [-0.05, 0) is 37.6 Å². The zero-order valence-electron chi connectivity index (χ0n) is 14.3. The molecule has 23 heavy (non-hydrogen) atoms. The number of nitrogens with zero attached hydrogens (tertiary/aromatic N) is 2. The van der Waals surface area contributed by atoms with Crippen molar-refractivity contribution in [1.82, 2.24) is 10.2 Å². The van der Waals surface area contributed by atoms with E-state index in [1.807, 2.05) is 14.0 Å². The topological polar surface area (TPSA) is 57.1 Å². The smallest absolute Gasteiger partial charge is 0.193 e. The standard InChI is InChI=1S/C17H28FN3O2/c1-4-6-11-21(3)17(19-5-2)20-12-15(22)13-23-16-9-7-14(18)8-10-16/h7-10,15,22H,4-6,11-13H2,1-3H3,(H,19,20). The van der Waals surface area contributed by atoms with E-state index in [1.54, 1.807) is 0 Å². The maximum atomic E-state index is 12.8. The lowest BCUT2D eigenvalue weighted by atomic mass is 10.3. The maximum Gasteiger partial charge on any atom is 0.193 e. The van der Waals surface area contributed by atoms with E-state index in [0.29, 0.717) is 5.75 Å². The van der Waals surface area contributed by atoms with Gasteiger partial charge >= 0.3 is 0 Å². The Hall–Kier alpha value is -1.82. The zero-order chi connectivity index (χ0) is 17.1. The van der Waals surface area contributed by atoms with Gasteiger partial charge in [-0.3, -0.25) is 4.99 Å². The Bertz CT molecular complexity index is 465. The molecule has 0 heterocycles. The van der Waals surface area contributed by atoms with Crippen LogP contribution >= 0.6 is 0 Å². The third-order valence-corrected chi connectivity index (χ3v) is 3.25. The predicted molar refractivity (Wildman–Crippen MR) is 91.4 cm³/mol. The van der Waals surface area contributed by atoms with E-state index >= 15 is 0 Å². The molecule has 0 aromatic heterocycles. The van der Waals surface area contributed by atoms with Crippen molar-refractivity contribution in [2.75, 3.05) is 33.3 Å². The normalized spacial score (nSPS) is 12.8. The Kier molecular flexibility index (Phi) is 9.05. The molecule has 0 bridgehead atoms. The van der Waals surface area contributed by atoms with Gasteiger partial charge in [-0.25, -0.2) is 4.39 Å². The van der Waals surface area contributed by atoms with Crippen LogP contribution in [0.4, 0.5) is 4.39 Å². The first-order chi connectivity index (χ1) is 11.1. The van der Waals surface area contributed by atoms with Crippen LogP contribution in [0.2, 0.25) is 0 Å². The minimum Gasteiger partial charge on any atom is -0.491 e. The fraction of sp³-hybridized carbons (Fsp3) is 0.588. The molecule has 1 atom stereocenters. The van der Waals surface area contributed by atoms with Crippen LogP contribution in [0.5, 0.6) is 5.75 Å². The van der Waals surface area contributed by atoms with Gasteiger partial charge in [-0.2, -0.15) is 0 Å². The van der Waals surface area contributed by atoms with Crippen LogP contribution in [0.15, 0.2) is 29.3 Å². The monoisotopic (exact) mass is 325 g/mol. The third kappa shape index (κ3) is 7.83. The Morgan fingerprint density at radius 2 is 2.04 bits per heavy atom. The summed E-state index contributed by atoms with van der Waals surface area (Å²) in [5, 5.41) is 13.2. The quantitative estimate of drug-likeness (QED) is 0.540. The van der Waals surface area contributed by atoms with E-state index in [-0.39, 0.29) is 19.0 Å². The van der Waals surface area contributed by atoms with Gasteiger partial charge in [0.15, 0.2) is 5.96 Å². The number of aliphatic hydroxyl groups excluding tert-OH is 1. The summed E-state index contributed by atoms with van der Waals surface area (Å²) in [5.74, 6) is 0.996. The largest absolute Gasteiger partial charge is 0.491 e. The predicted octanol–water partition coefficient (Wildman–Crippen LogP) is 2.26. The Balaban J connectivity index is 2.45. The second-order valence-electron chi connectivity index (χ2n) is 5.39. The van der Waals surface area contributed by atoms with Crippen molar-refractivity contribution >= 4 is 5.96 Å². The molecule has 1 rings (SSSR count). The number of aliphatic hydroxyl groups is 1.